The van der Waals surface area contributed by atoms with Gasteiger partial charge in [0.1, 0.15) is 17.4 Å². The van der Waals surface area contributed by atoms with Gasteiger partial charge in [0.2, 0.25) is 5.95 Å². The molecule has 2 aromatic carbocycles. The highest BCUT2D eigenvalue weighted by atomic mass is 79.9. The number of nitrogens with zero attached hydrogens (tertiary/aromatic N) is 5. The minimum absolute atomic E-state index is 0.252. The van der Waals surface area contributed by atoms with Crippen LogP contribution in [0.3, 0.4) is 0 Å². The predicted molar refractivity (Wildman–Crippen MR) is 173 cm³/mol. The standard InChI is InChI=1S/C29H37BrClFN7OP/c1-37-11-13-38(14-12-37)20-7-9-39(10-8-20)25-17-26(40-2)24(16-22(25)31)35-29-33-18-21(30)28(36-29)34-23-6-5-19(32)15-27(23)41(3)4/h5-6,15-18,20H,7-14H2,1-4H3,(H2,33,34,35,36). The number of methoxy groups -OCH3 is 1. The van der Waals surface area contributed by atoms with Gasteiger partial charge in [0.15, 0.2) is 0 Å². The van der Waals surface area contributed by atoms with Gasteiger partial charge in [-0.3, -0.25) is 4.90 Å². The summed E-state index contributed by atoms with van der Waals surface area (Å²) < 4.78 is 20.3. The van der Waals surface area contributed by atoms with Crippen LogP contribution in [0.1, 0.15) is 12.8 Å². The Balaban J connectivity index is 1.30. The maximum absolute atomic E-state index is 13.9. The lowest BCUT2D eigenvalue weighted by atomic mass is 10.0. The van der Waals surface area contributed by atoms with Crippen LogP contribution in [0.5, 0.6) is 5.75 Å². The number of anilines is 5. The van der Waals surface area contributed by atoms with Crippen LogP contribution in [0.25, 0.3) is 0 Å². The highest BCUT2D eigenvalue weighted by molar-refractivity contribution is 9.10. The van der Waals surface area contributed by atoms with Crippen LogP contribution in [-0.4, -0.2) is 92.6 Å². The van der Waals surface area contributed by atoms with E-state index in [1.807, 2.05) is 12.1 Å². The minimum atomic E-state index is -0.529. The fourth-order valence-electron chi connectivity index (χ4n) is 5.45. The lowest BCUT2D eigenvalue weighted by Crippen LogP contribution is -2.52. The van der Waals surface area contributed by atoms with E-state index >= 15 is 0 Å². The van der Waals surface area contributed by atoms with Gasteiger partial charge in [0, 0.05) is 68.6 Å². The van der Waals surface area contributed by atoms with Gasteiger partial charge >= 0.3 is 0 Å². The van der Waals surface area contributed by atoms with E-state index in [9.17, 15) is 4.39 Å². The van der Waals surface area contributed by atoms with Crippen molar-refractivity contribution in [2.45, 2.75) is 18.9 Å². The van der Waals surface area contributed by atoms with E-state index in [2.05, 4.69) is 71.6 Å². The Labute approximate surface area is 256 Å². The van der Waals surface area contributed by atoms with Gasteiger partial charge in [-0.05, 0) is 73.4 Å². The SMILES string of the molecule is COc1cc(N2CCC(N3CCN(C)CC3)CC2)c(Cl)cc1Nc1ncc(Br)c(Nc2ccc(F)cc2P(C)C)n1. The second kappa shape index (κ2) is 13.4. The summed E-state index contributed by atoms with van der Waals surface area (Å²) in [5.41, 5.74) is 2.47. The normalized spacial score (nSPS) is 17.2. The van der Waals surface area contributed by atoms with Crippen LogP contribution < -0.4 is 25.6 Å². The molecule has 0 unspecified atom stereocenters. The zero-order valence-corrected chi connectivity index (χ0v) is 27.2. The average molecular weight is 665 g/mol. The predicted octanol–water partition coefficient (Wildman–Crippen LogP) is 6.11. The molecule has 0 bridgehead atoms. The molecule has 8 nitrogen and oxygen atoms in total. The topological polar surface area (TPSA) is 68.8 Å². The Bertz CT molecular complexity index is 1370. The molecule has 2 fully saturated rings. The van der Waals surface area contributed by atoms with Crippen LogP contribution in [-0.2, 0) is 0 Å². The van der Waals surface area contributed by atoms with Crippen molar-refractivity contribution in [1.29, 1.82) is 0 Å². The summed E-state index contributed by atoms with van der Waals surface area (Å²) in [5, 5.41) is 8.19. The number of aromatic nitrogens is 2. The molecular formula is C29H37BrClFN7OP. The highest BCUT2D eigenvalue weighted by Gasteiger charge is 2.28. The molecule has 2 aliphatic heterocycles. The zero-order chi connectivity index (χ0) is 29.1. The van der Waals surface area contributed by atoms with Crippen molar-refractivity contribution in [3.8, 4) is 5.75 Å². The van der Waals surface area contributed by atoms with Crippen LogP contribution in [0.4, 0.5) is 33.2 Å². The number of likely N-dealkylation sites (N-methyl/N-ethyl adjacent to an activating group) is 1. The van der Waals surface area contributed by atoms with Gasteiger partial charge in [-0.15, -0.1) is 0 Å². The molecule has 2 saturated heterocycles. The number of rotatable bonds is 8. The van der Waals surface area contributed by atoms with Crippen LogP contribution in [0.2, 0.25) is 5.02 Å². The summed E-state index contributed by atoms with van der Waals surface area (Å²) in [6, 6.07) is 9.26. The summed E-state index contributed by atoms with van der Waals surface area (Å²) in [6.45, 7) is 10.7. The molecule has 41 heavy (non-hydrogen) atoms. The van der Waals surface area contributed by atoms with E-state index in [4.69, 9.17) is 16.3 Å². The highest BCUT2D eigenvalue weighted by Crippen LogP contribution is 2.39. The van der Waals surface area contributed by atoms with Gasteiger partial charge in [0.05, 0.1) is 28.0 Å². The molecule has 2 aliphatic rings. The van der Waals surface area contributed by atoms with Crippen LogP contribution >= 0.6 is 35.5 Å². The number of hydrogen-bond donors (Lipinski definition) is 2. The largest absolute Gasteiger partial charge is 0.494 e. The quantitative estimate of drug-likeness (QED) is 0.280. The summed E-state index contributed by atoms with van der Waals surface area (Å²) in [4.78, 5) is 16.5. The van der Waals surface area contributed by atoms with Gasteiger partial charge in [-0.1, -0.05) is 19.5 Å². The average Bonchev–Trinajstić information content (AvgIpc) is 2.96. The molecule has 0 aliphatic carbocycles. The number of benzene rings is 2. The van der Waals surface area contributed by atoms with Gasteiger partial charge in [0.25, 0.3) is 0 Å². The van der Waals surface area contributed by atoms with Crippen LogP contribution in [0, 0.1) is 5.82 Å². The molecule has 1 aromatic heterocycles. The zero-order valence-electron chi connectivity index (χ0n) is 23.9. The summed E-state index contributed by atoms with van der Waals surface area (Å²) in [6.07, 6.45) is 3.92. The number of hydrogen-bond acceptors (Lipinski definition) is 8. The van der Waals surface area contributed by atoms with E-state index in [1.165, 1.54) is 6.07 Å². The molecule has 0 saturated carbocycles. The Morgan fingerprint density at radius 1 is 1.02 bits per heavy atom. The van der Waals surface area contributed by atoms with Crippen molar-refractivity contribution in [3.05, 3.63) is 51.8 Å². The monoisotopic (exact) mass is 663 g/mol. The number of piperidine rings is 1. The van der Waals surface area contributed by atoms with Crippen molar-refractivity contribution in [3.63, 3.8) is 0 Å². The molecular weight excluding hydrogens is 628 g/mol. The molecule has 0 atom stereocenters. The number of ether oxygens (including phenoxy) is 1. The number of halogens is 3. The molecule has 12 heteroatoms. The molecule has 2 N–H and O–H groups in total. The second-order valence-electron chi connectivity index (χ2n) is 10.8. The summed E-state index contributed by atoms with van der Waals surface area (Å²) in [7, 11) is 3.32. The molecule has 3 heterocycles. The molecule has 3 aromatic rings. The maximum Gasteiger partial charge on any atom is 0.229 e. The van der Waals surface area contributed by atoms with Gasteiger partial charge < -0.3 is 25.2 Å². The third-order valence-corrected chi connectivity index (χ3v) is 10.0. The Hall–Kier alpha value is -2.23. The lowest BCUT2D eigenvalue weighted by molar-refractivity contribution is 0.0982. The Kier molecular flexibility index (Phi) is 9.87. The van der Waals surface area contributed by atoms with Gasteiger partial charge in [-0.25, -0.2) is 9.37 Å². The Morgan fingerprint density at radius 3 is 2.44 bits per heavy atom. The van der Waals surface area contributed by atoms with Crippen molar-refractivity contribution in [2.24, 2.45) is 0 Å². The van der Waals surface area contributed by atoms with Crippen molar-refractivity contribution >= 4 is 69.6 Å². The van der Waals surface area contributed by atoms with Gasteiger partial charge in [-0.2, -0.15) is 4.98 Å². The van der Waals surface area contributed by atoms with E-state index in [0.717, 1.165) is 68.8 Å². The third-order valence-electron chi connectivity index (χ3n) is 7.81. The minimum Gasteiger partial charge on any atom is -0.494 e. The third kappa shape index (κ3) is 7.23. The maximum atomic E-state index is 13.9. The van der Waals surface area contributed by atoms with E-state index in [0.29, 0.717) is 38.7 Å². The first-order chi connectivity index (χ1) is 19.7. The van der Waals surface area contributed by atoms with Crippen LogP contribution in [0.15, 0.2) is 41.0 Å². The number of piperazine rings is 1. The first kappa shape index (κ1) is 30.2. The fourth-order valence-corrected chi connectivity index (χ4v) is 7.02. The van der Waals surface area contributed by atoms with E-state index < -0.39 is 7.92 Å². The molecule has 5 rings (SSSR count). The summed E-state index contributed by atoms with van der Waals surface area (Å²) >= 11 is 10.4. The first-order valence-corrected chi connectivity index (χ1v) is 17.2. The molecule has 0 spiro atoms. The molecule has 0 radical (unpaired) electrons. The molecule has 220 valence electrons. The lowest BCUT2D eigenvalue weighted by Gasteiger charge is -2.42. The number of nitrogens with one attached hydrogen (secondary N) is 2. The molecule has 0 amide bonds. The van der Waals surface area contributed by atoms with Crippen molar-refractivity contribution < 1.29 is 9.13 Å². The second-order valence-corrected chi connectivity index (χ2v) is 14.3. The van der Waals surface area contributed by atoms with Crippen molar-refractivity contribution in [1.82, 2.24) is 19.8 Å². The van der Waals surface area contributed by atoms with Crippen molar-refractivity contribution in [2.75, 3.05) is 82.3 Å². The Morgan fingerprint density at radius 2 is 1.76 bits per heavy atom. The first-order valence-electron chi connectivity index (χ1n) is 13.8. The van der Waals surface area contributed by atoms with E-state index in [1.54, 1.807) is 25.4 Å². The smallest absolute Gasteiger partial charge is 0.229 e. The summed E-state index contributed by atoms with van der Waals surface area (Å²) in [5.74, 6) is 1.36. The fraction of sp³-hybridized carbons (Fsp3) is 0.448. The van der Waals surface area contributed by atoms with E-state index in [-0.39, 0.29) is 5.82 Å².